The highest BCUT2D eigenvalue weighted by Gasteiger charge is 2.29. The Hall–Kier alpha value is -1.18. The van der Waals surface area contributed by atoms with Gasteiger partial charge >= 0.3 is 0 Å². The van der Waals surface area contributed by atoms with E-state index in [4.69, 9.17) is 9.15 Å². The molecule has 2 nitrogen and oxygen atoms in total. The molecular formula is C16H24O2. The molecule has 2 heteroatoms. The van der Waals surface area contributed by atoms with Crippen LogP contribution in [0.5, 0.6) is 0 Å². The minimum Gasteiger partial charge on any atom is -0.286 e. The van der Waals surface area contributed by atoms with E-state index < -0.39 is 0 Å². The molecule has 0 unspecified atom stereocenters. The number of benzene rings is 1. The molecule has 0 aliphatic heterocycles. The van der Waals surface area contributed by atoms with E-state index in [1.807, 2.05) is 0 Å². The van der Waals surface area contributed by atoms with Crippen LogP contribution in [0.4, 0.5) is 0 Å². The van der Waals surface area contributed by atoms with E-state index in [0.717, 1.165) is 11.2 Å². The normalized spacial score (nSPS) is 13.2. The summed E-state index contributed by atoms with van der Waals surface area (Å²) in [6.07, 6.45) is 0. The summed E-state index contributed by atoms with van der Waals surface area (Å²) in [4.78, 5) is 0. The van der Waals surface area contributed by atoms with E-state index in [1.54, 1.807) is 0 Å². The summed E-state index contributed by atoms with van der Waals surface area (Å²) in [6.45, 7) is 15.7. The van der Waals surface area contributed by atoms with Gasteiger partial charge in [0.2, 0.25) is 11.2 Å². The van der Waals surface area contributed by atoms with E-state index in [-0.39, 0.29) is 5.41 Å². The molecule has 0 bridgehead atoms. The summed E-state index contributed by atoms with van der Waals surface area (Å²) < 4.78 is 10.4. The predicted molar refractivity (Wildman–Crippen MR) is 75.4 cm³/mol. The molecule has 0 atom stereocenters. The molecule has 0 spiro atoms. The fourth-order valence-electron chi connectivity index (χ4n) is 2.72. The van der Waals surface area contributed by atoms with Crippen LogP contribution in [0.3, 0.4) is 0 Å². The van der Waals surface area contributed by atoms with Gasteiger partial charge < -0.3 is 0 Å². The van der Waals surface area contributed by atoms with E-state index in [2.05, 4.69) is 54.5 Å². The lowest BCUT2D eigenvalue weighted by atomic mass is 9.75. The molecule has 2 aromatic rings. The van der Waals surface area contributed by atoms with Gasteiger partial charge in [-0.3, -0.25) is 9.15 Å². The summed E-state index contributed by atoms with van der Waals surface area (Å²) in [5, 5.41) is 0. The van der Waals surface area contributed by atoms with Crippen LogP contribution in [0.25, 0.3) is 11.2 Å². The fourth-order valence-corrected chi connectivity index (χ4v) is 2.72. The lowest BCUT2D eigenvalue weighted by molar-refractivity contribution is 0.0575. The molecule has 1 aromatic carbocycles. The first-order valence-corrected chi connectivity index (χ1v) is 6.79. The number of hydrogen-bond donors (Lipinski definition) is 0. The van der Waals surface area contributed by atoms with Crippen molar-refractivity contribution in [3.8, 4) is 0 Å². The van der Waals surface area contributed by atoms with Crippen molar-refractivity contribution in [1.29, 1.82) is 0 Å². The minimum absolute atomic E-state index is 0.118. The maximum atomic E-state index is 5.24. The molecule has 0 fully saturated rings. The quantitative estimate of drug-likeness (QED) is 0.649. The first-order valence-electron chi connectivity index (χ1n) is 6.79. The molecule has 0 N–H and O–H groups in total. The Morgan fingerprint density at radius 3 is 1.89 bits per heavy atom. The molecule has 0 saturated carbocycles. The predicted octanol–water partition coefficient (Wildman–Crippen LogP) is 5.57. The summed E-state index contributed by atoms with van der Waals surface area (Å²) in [5.41, 5.74) is 6.08. The van der Waals surface area contributed by atoms with Crippen molar-refractivity contribution in [3.05, 3.63) is 22.8 Å². The van der Waals surface area contributed by atoms with Gasteiger partial charge in [0.25, 0.3) is 0 Å². The lowest BCUT2D eigenvalue weighted by Gasteiger charge is -2.30. The van der Waals surface area contributed by atoms with Gasteiger partial charge in [0.1, 0.15) is 0 Å². The molecule has 1 heterocycles. The molecule has 0 aliphatic rings. The third-order valence-corrected chi connectivity index (χ3v) is 3.48. The van der Waals surface area contributed by atoms with E-state index in [1.165, 1.54) is 16.7 Å². The van der Waals surface area contributed by atoms with Crippen molar-refractivity contribution >= 4 is 11.2 Å². The second-order valence-electron chi connectivity index (χ2n) is 6.81. The van der Waals surface area contributed by atoms with Crippen LogP contribution < -0.4 is 0 Å². The third-order valence-electron chi connectivity index (χ3n) is 3.48. The van der Waals surface area contributed by atoms with Gasteiger partial charge in [-0.2, -0.15) is 0 Å². The van der Waals surface area contributed by atoms with Gasteiger partial charge in [-0.1, -0.05) is 48.5 Å². The first-order chi connectivity index (χ1) is 8.23. The van der Waals surface area contributed by atoms with Crippen molar-refractivity contribution in [1.82, 2.24) is 0 Å². The monoisotopic (exact) mass is 248 g/mol. The Morgan fingerprint density at radius 2 is 1.56 bits per heavy atom. The van der Waals surface area contributed by atoms with E-state index in [0.29, 0.717) is 11.8 Å². The summed E-state index contributed by atoms with van der Waals surface area (Å²) in [7, 11) is 0. The fraction of sp³-hybridized carbons (Fsp3) is 0.625. The largest absolute Gasteiger partial charge is 0.286 e. The van der Waals surface area contributed by atoms with Gasteiger partial charge in [-0.25, -0.2) is 0 Å². The van der Waals surface area contributed by atoms with Crippen LogP contribution in [0.2, 0.25) is 0 Å². The highest BCUT2D eigenvalue weighted by atomic mass is 17.0. The lowest BCUT2D eigenvalue weighted by Crippen LogP contribution is -2.19. The Kier molecular flexibility index (Phi) is 3.08. The Bertz CT molecular complexity index is 547. The van der Waals surface area contributed by atoms with Crippen LogP contribution in [0.1, 0.15) is 77.0 Å². The number of rotatable bonds is 2. The molecule has 18 heavy (non-hydrogen) atoms. The molecule has 0 saturated heterocycles. The molecule has 0 radical (unpaired) electrons. The Morgan fingerprint density at radius 1 is 0.944 bits per heavy atom. The van der Waals surface area contributed by atoms with Crippen molar-refractivity contribution < 1.29 is 9.15 Å². The maximum Gasteiger partial charge on any atom is 0.229 e. The molecule has 0 amide bonds. The SMILES string of the molecule is CC(C)c1cc2ooc2c(C(C)C)c1C(C)(C)C. The Labute approximate surface area is 109 Å². The summed E-state index contributed by atoms with van der Waals surface area (Å²) in [5.74, 6) is 0.932. The van der Waals surface area contributed by atoms with Gasteiger partial charge in [-0.05, 0) is 34.4 Å². The minimum atomic E-state index is 0.118. The van der Waals surface area contributed by atoms with Gasteiger partial charge in [0, 0.05) is 5.56 Å². The zero-order valence-corrected chi connectivity index (χ0v) is 12.5. The number of hydrogen-bond acceptors (Lipinski definition) is 2. The third kappa shape index (κ3) is 1.98. The van der Waals surface area contributed by atoms with E-state index in [9.17, 15) is 0 Å². The van der Waals surface area contributed by atoms with Gasteiger partial charge in [0.15, 0.2) is 0 Å². The van der Waals surface area contributed by atoms with Gasteiger partial charge in [0.05, 0.1) is 0 Å². The molecule has 1 aromatic heterocycles. The van der Waals surface area contributed by atoms with Crippen molar-refractivity contribution in [2.24, 2.45) is 0 Å². The zero-order chi connectivity index (χ0) is 13.7. The molecule has 100 valence electrons. The van der Waals surface area contributed by atoms with Crippen molar-refractivity contribution in [2.75, 3.05) is 0 Å². The first kappa shape index (κ1) is 13.3. The average Bonchev–Trinajstić information content (AvgIpc) is 2.16. The average molecular weight is 248 g/mol. The van der Waals surface area contributed by atoms with Crippen molar-refractivity contribution in [2.45, 2.75) is 65.7 Å². The molecule has 0 aliphatic carbocycles. The van der Waals surface area contributed by atoms with Crippen LogP contribution in [0.15, 0.2) is 15.2 Å². The van der Waals surface area contributed by atoms with Crippen LogP contribution in [0, 0.1) is 0 Å². The number of fused-ring (bicyclic) bond motifs is 1. The smallest absolute Gasteiger partial charge is 0.229 e. The van der Waals surface area contributed by atoms with Gasteiger partial charge in [-0.15, -0.1) is 0 Å². The second kappa shape index (κ2) is 4.18. The van der Waals surface area contributed by atoms with Crippen LogP contribution in [-0.4, -0.2) is 0 Å². The highest BCUT2D eigenvalue weighted by Crippen LogP contribution is 2.42. The maximum absolute atomic E-state index is 5.24. The summed E-state index contributed by atoms with van der Waals surface area (Å²) >= 11 is 0. The topological polar surface area (TPSA) is 26.3 Å². The van der Waals surface area contributed by atoms with Crippen LogP contribution in [-0.2, 0) is 5.41 Å². The van der Waals surface area contributed by atoms with Crippen molar-refractivity contribution in [3.63, 3.8) is 0 Å². The zero-order valence-electron chi connectivity index (χ0n) is 12.5. The molecule has 2 rings (SSSR count). The Balaban J connectivity index is 2.83. The van der Waals surface area contributed by atoms with E-state index >= 15 is 0 Å². The highest BCUT2D eigenvalue weighted by molar-refractivity contribution is 5.79. The standard InChI is InChI=1S/C16H24O2/c1-9(2)11-8-12-15(18-17-12)13(10(3)4)14(11)16(5,6)7/h8-10H,1-7H3. The second-order valence-corrected chi connectivity index (χ2v) is 6.81. The summed E-state index contributed by atoms with van der Waals surface area (Å²) in [6, 6.07) is 2.15. The van der Waals surface area contributed by atoms with Crippen LogP contribution >= 0.6 is 0 Å². The molecular weight excluding hydrogens is 224 g/mol.